The van der Waals surface area contributed by atoms with Gasteiger partial charge in [0.05, 0.1) is 11.2 Å². The molecule has 15 heavy (non-hydrogen) atoms. The van der Waals surface area contributed by atoms with Crippen LogP contribution in [0.1, 0.15) is 23.5 Å². The van der Waals surface area contributed by atoms with Gasteiger partial charge in [-0.1, -0.05) is 0 Å². The Balaban J connectivity index is 1.88. The number of thiophene rings is 1. The van der Waals surface area contributed by atoms with Crippen molar-refractivity contribution in [2.45, 2.75) is 19.5 Å². The third-order valence-electron chi connectivity index (χ3n) is 2.10. The summed E-state index contributed by atoms with van der Waals surface area (Å²) in [7, 11) is 0. The Kier molecular flexibility index (Phi) is 3.91. The number of thiazole rings is 1. The summed E-state index contributed by atoms with van der Waals surface area (Å²) in [6, 6.07) is 2.46. The predicted molar refractivity (Wildman–Crippen MR) is 69.4 cm³/mol. The molecule has 0 fully saturated rings. The van der Waals surface area contributed by atoms with Crippen LogP contribution < -0.4 is 5.32 Å². The lowest BCUT2D eigenvalue weighted by Crippen LogP contribution is -2.17. The van der Waals surface area contributed by atoms with Gasteiger partial charge in [0, 0.05) is 32.7 Å². The third-order valence-corrected chi connectivity index (χ3v) is 4.40. The summed E-state index contributed by atoms with van der Waals surface area (Å²) in [5, 5.41) is 7.64. The molecule has 1 unspecified atom stereocenters. The van der Waals surface area contributed by atoms with E-state index in [1.165, 1.54) is 4.88 Å². The maximum Gasteiger partial charge on any atom is 0.0795 e. The normalized spacial score (nSPS) is 12.9. The number of nitrogens with zero attached hydrogens (tertiary/aromatic N) is 1. The van der Waals surface area contributed by atoms with Crippen molar-refractivity contribution >= 4 is 38.6 Å². The number of nitrogens with one attached hydrogen (secondary N) is 1. The van der Waals surface area contributed by atoms with Crippen LogP contribution >= 0.6 is 38.6 Å². The second kappa shape index (κ2) is 5.21. The van der Waals surface area contributed by atoms with Crippen molar-refractivity contribution in [2.24, 2.45) is 0 Å². The molecule has 0 aliphatic carbocycles. The molecule has 0 aliphatic heterocycles. The Morgan fingerprint density at radius 1 is 1.53 bits per heavy atom. The Hall–Kier alpha value is -0.230. The summed E-state index contributed by atoms with van der Waals surface area (Å²) >= 11 is 6.85. The second-order valence-electron chi connectivity index (χ2n) is 3.25. The van der Waals surface area contributed by atoms with Gasteiger partial charge in [-0.15, -0.1) is 22.7 Å². The zero-order valence-corrected chi connectivity index (χ0v) is 11.5. The van der Waals surface area contributed by atoms with E-state index in [0.29, 0.717) is 6.04 Å². The van der Waals surface area contributed by atoms with E-state index in [2.05, 4.69) is 50.0 Å². The van der Waals surface area contributed by atoms with E-state index in [1.54, 1.807) is 22.7 Å². The first-order chi connectivity index (χ1) is 7.25. The smallest absolute Gasteiger partial charge is 0.0795 e. The highest BCUT2D eigenvalue weighted by Gasteiger charge is 2.06. The molecule has 2 rings (SSSR count). The number of rotatable bonds is 4. The van der Waals surface area contributed by atoms with Crippen molar-refractivity contribution < 1.29 is 0 Å². The minimum absolute atomic E-state index is 0.317. The summed E-state index contributed by atoms with van der Waals surface area (Å²) in [5.41, 5.74) is 2.99. The third kappa shape index (κ3) is 3.11. The summed E-state index contributed by atoms with van der Waals surface area (Å²) < 4.78 is 1.16. The molecule has 80 valence electrons. The Morgan fingerprint density at radius 3 is 3.00 bits per heavy atom. The number of halogens is 1. The van der Waals surface area contributed by atoms with Gasteiger partial charge >= 0.3 is 0 Å². The van der Waals surface area contributed by atoms with Gasteiger partial charge in [0.15, 0.2) is 0 Å². The van der Waals surface area contributed by atoms with E-state index >= 15 is 0 Å². The largest absolute Gasteiger partial charge is 0.304 e. The lowest BCUT2D eigenvalue weighted by Gasteiger charge is -2.09. The first-order valence-electron chi connectivity index (χ1n) is 4.60. The molecule has 2 nitrogen and oxygen atoms in total. The summed E-state index contributed by atoms with van der Waals surface area (Å²) in [6.45, 7) is 3.03. The van der Waals surface area contributed by atoms with Crippen LogP contribution in [0, 0.1) is 0 Å². The van der Waals surface area contributed by atoms with Crippen LogP contribution in [0.15, 0.2) is 26.8 Å². The van der Waals surface area contributed by atoms with Crippen LogP contribution in [0.4, 0.5) is 0 Å². The maximum atomic E-state index is 4.28. The zero-order valence-electron chi connectivity index (χ0n) is 8.24. The molecular formula is C10H11BrN2S2. The highest BCUT2D eigenvalue weighted by atomic mass is 79.9. The van der Waals surface area contributed by atoms with Gasteiger partial charge in [0.1, 0.15) is 0 Å². The lowest BCUT2D eigenvalue weighted by molar-refractivity contribution is 0.568. The van der Waals surface area contributed by atoms with Gasteiger partial charge < -0.3 is 5.32 Å². The number of hydrogen-bond donors (Lipinski definition) is 1. The monoisotopic (exact) mass is 302 g/mol. The summed E-state index contributed by atoms with van der Waals surface area (Å²) in [4.78, 5) is 5.62. The maximum absolute atomic E-state index is 4.28. The Labute approximate surface area is 106 Å². The average molecular weight is 303 g/mol. The number of hydrogen-bond acceptors (Lipinski definition) is 4. The Bertz CT molecular complexity index is 411. The van der Waals surface area contributed by atoms with Crippen LogP contribution in [0.3, 0.4) is 0 Å². The standard InChI is InChI=1S/C10H11BrN2S2/c1-7(10-5-14-6-13-10)12-3-9-2-8(11)4-15-9/h2,4-7,12H,3H2,1H3. The van der Waals surface area contributed by atoms with E-state index in [0.717, 1.165) is 16.7 Å². The molecule has 2 aromatic heterocycles. The molecule has 0 amide bonds. The van der Waals surface area contributed by atoms with Crippen LogP contribution in [-0.4, -0.2) is 4.98 Å². The fraction of sp³-hybridized carbons (Fsp3) is 0.300. The van der Waals surface area contributed by atoms with Crippen molar-refractivity contribution in [3.8, 4) is 0 Å². The van der Waals surface area contributed by atoms with Gasteiger partial charge in [0.25, 0.3) is 0 Å². The molecule has 2 heterocycles. The van der Waals surface area contributed by atoms with Gasteiger partial charge in [-0.2, -0.15) is 0 Å². The fourth-order valence-corrected chi connectivity index (χ4v) is 3.29. The molecule has 0 aromatic carbocycles. The zero-order chi connectivity index (χ0) is 10.7. The van der Waals surface area contributed by atoms with Crippen LogP contribution in [0.25, 0.3) is 0 Å². The molecule has 0 aliphatic rings. The highest BCUT2D eigenvalue weighted by Crippen LogP contribution is 2.20. The molecule has 0 saturated heterocycles. The highest BCUT2D eigenvalue weighted by molar-refractivity contribution is 9.10. The minimum Gasteiger partial charge on any atom is -0.304 e. The van der Waals surface area contributed by atoms with E-state index in [1.807, 2.05) is 5.51 Å². The van der Waals surface area contributed by atoms with Gasteiger partial charge in [-0.05, 0) is 28.9 Å². The molecule has 2 aromatic rings. The first-order valence-corrected chi connectivity index (χ1v) is 7.21. The van der Waals surface area contributed by atoms with E-state index in [-0.39, 0.29) is 0 Å². The number of aromatic nitrogens is 1. The SMILES string of the molecule is CC(NCc1cc(Br)cs1)c1cscn1. The van der Waals surface area contributed by atoms with Crippen LogP contribution in [-0.2, 0) is 6.54 Å². The summed E-state index contributed by atoms with van der Waals surface area (Å²) in [5.74, 6) is 0. The van der Waals surface area contributed by atoms with Crippen molar-refractivity contribution in [3.63, 3.8) is 0 Å². The minimum atomic E-state index is 0.317. The van der Waals surface area contributed by atoms with Crippen molar-refractivity contribution in [3.05, 3.63) is 37.4 Å². The average Bonchev–Trinajstić information content (AvgIpc) is 2.84. The molecule has 0 radical (unpaired) electrons. The van der Waals surface area contributed by atoms with Gasteiger partial charge in [-0.3, -0.25) is 0 Å². The van der Waals surface area contributed by atoms with Crippen LogP contribution in [0.5, 0.6) is 0 Å². The molecule has 0 bridgehead atoms. The first kappa shape index (κ1) is 11.3. The predicted octanol–water partition coefficient (Wildman–Crippen LogP) is 3.82. The molecule has 1 atom stereocenters. The second-order valence-corrected chi connectivity index (χ2v) is 5.88. The fourth-order valence-electron chi connectivity index (χ4n) is 1.24. The lowest BCUT2D eigenvalue weighted by atomic mass is 10.2. The quantitative estimate of drug-likeness (QED) is 0.929. The molecule has 0 spiro atoms. The van der Waals surface area contributed by atoms with Gasteiger partial charge in [-0.25, -0.2) is 4.98 Å². The topological polar surface area (TPSA) is 24.9 Å². The van der Waals surface area contributed by atoms with E-state index in [4.69, 9.17) is 0 Å². The molecule has 1 N–H and O–H groups in total. The molecule has 0 saturated carbocycles. The van der Waals surface area contributed by atoms with Crippen molar-refractivity contribution in [1.29, 1.82) is 0 Å². The van der Waals surface area contributed by atoms with E-state index < -0.39 is 0 Å². The summed E-state index contributed by atoms with van der Waals surface area (Å²) in [6.07, 6.45) is 0. The van der Waals surface area contributed by atoms with Crippen LogP contribution in [0.2, 0.25) is 0 Å². The Morgan fingerprint density at radius 2 is 2.40 bits per heavy atom. The molecular weight excluding hydrogens is 292 g/mol. The van der Waals surface area contributed by atoms with E-state index in [9.17, 15) is 0 Å². The van der Waals surface area contributed by atoms with Crippen molar-refractivity contribution in [2.75, 3.05) is 0 Å². The van der Waals surface area contributed by atoms with Crippen molar-refractivity contribution in [1.82, 2.24) is 10.3 Å². The van der Waals surface area contributed by atoms with Gasteiger partial charge in [0.2, 0.25) is 0 Å². The molecule has 5 heteroatoms.